The highest BCUT2D eigenvalue weighted by molar-refractivity contribution is 6.18. The highest BCUT2D eigenvalue weighted by atomic mass is 35.5. The molecule has 2 aromatic rings. The van der Waals surface area contributed by atoms with E-state index in [0.29, 0.717) is 5.88 Å². The second kappa shape index (κ2) is 5.75. The second-order valence-corrected chi connectivity index (χ2v) is 5.17. The molecule has 19 heavy (non-hydrogen) atoms. The summed E-state index contributed by atoms with van der Waals surface area (Å²) in [5.74, 6) is 1.75. The molecule has 1 aliphatic rings. The number of aromatic nitrogens is 3. The van der Waals surface area contributed by atoms with Gasteiger partial charge in [-0.3, -0.25) is 0 Å². The summed E-state index contributed by atoms with van der Waals surface area (Å²) in [4.78, 5) is 9.42. The van der Waals surface area contributed by atoms with Gasteiger partial charge in [-0.25, -0.2) is 9.50 Å². The van der Waals surface area contributed by atoms with Crippen LogP contribution in [0.2, 0.25) is 0 Å². The van der Waals surface area contributed by atoms with Crippen molar-refractivity contribution >= 4 is 23.1 Å². The molecule has 0 spiro atoms. The molecule has 6 heteroatoms. The highest BCUT2D eigenvalue weighted by Crippen LogP contribution is 2.14. The van der Waals surface area contributed by atoms with Gasteiger partial charge in [0.15, 0.2) is 5.65 Å². The van der Waals surface area contributed by atoms with Crippen LogP contribution in [0.4, 0.5) is 5.82 Å². The van der Waals surface area contributed by atoms with Crippen LogP contribution in [0, 0.1) is 0 Å². The smallest absolute Gasteiger partial charge is 0.157 e. The fourth-order valence-electron chi connectivity index (χ4n) is 2.52. The minimum Gasteiger partial charge on any atom is -0.355 e. The third-order valence-corrected chi connectivity index (χ3v) is 3.73. The van der Waals surface area contributed by atoms with Crippen molar-refractivity contribution in [3.8, 4) is 0 Å². The zero-order valence-electron chi connectivity index (χ0n) is 10.9. The van der Waals surface area contributed by atoms with E-state index in [-0.39, 0.29) is 0 Å². The first kappa shape index (κ1) is 12.7. The Hall–Kier alpha value is -1.33. The molecule has 102 valence electrons. The maximum absolute atomic E-state index is 5.82. The lowest BCUT2D eigenvalue weighted by atomic mass is 10.4. The van der Waals surface area contributed by atoms with E-state index in [1.54, 1.807) is 10.7 Å². The van der Waals surface area contributed by atoms with Crippen molar-refractivity contribution in [1.82, 2.24) is 19.5 Å². The zero-order chi connectivity index (χ0) is 13.1. The fraction of sp³-hybridized carbons (Fsp3) is 0.538. The van der Waals surface area contributed by atoms with Gasteiger partial charge in [-0.15, -0.1) is 11.6 Å². The third kappa shape index (κ3) is 2.82. The Balaban J connectivity index is 1.74. The average Bonchev–Trinajstić information content (AvgIpc) is 2.77. The average molecular weight is 280 g/mol. The predicted molar refractivity (Wildman–Crippen MR) is 77.0 cm³/mol. The van der Waals surface area contributed by atoms with Gasteiger partial charge in [-0.2, -0.15) is 5.10 Å². The maximum Gasteiger partial charge on any atom is 0.157 e. The lowest BCUT2D eigenvalue weighted by Crippen LogP contribution is -2.32. The molecular weight excluding hydrogens is 262 g/mol. The van der Waals surface area contributed by atoms with E-state index >= 15 is 0 Å². The summed E-state index contributed by atoms with van der Waals surface area (Å²) in [5, 5.41) is 4.17. The first-order valence-electron chi connectivity index (χ1n) is 6.70. The molecule has 0 aromatic carbocycles. The van der Waals surface area contributed by atoms with Gasteiger partial charge in [0.25, 0.3) is 0 Å². The number of anilines is 1. The monoisotopic (exact) mass is 279 g/mol. The Morgan fingerprint density at radius 1 is 1.16 bits per heavy atom. The number of hydrogen-bond acceptors (Lipinski definition) is 4. The third-order valence-electron chi connectivity index (χ3n) is 3.56. The van der Waals surface area contributed by atoms with Crippen molar-refractivity contribution < 1.29 is 0 Å². The maximum atomic E-state index is 5.82. The molecule has 0 atom stereocenters. The number of alkyl halides is 1. The van der Waals surface area contributed by atoms with Gasteiger partial charge in [-0.1, -0.05) is 0 Å². The first-order chi connectivity index (χ1) is 9.36. The molecule has 3 heterocycles. The molecule has 5 nitrogen and oxygen atoms in total. The molecule has 3 rings (SSSR count). The Labute approximate surface area is 117 Å². The van der Waals surface area contributed by atoms with Crippen molar-refractivity contribution in [2.45, 2.75) is 6.42 Å². The summed E-state index contributed by atoms with van der Waals surface area (Å²) in [6.45, 7) is 5.21. The van der Waals surface area contributed by atoms with Crippen molar-refractivity contribution in [2.24, 2.45) is 0 Å². The molecule has 0 N–H and O–H groups in total. The minimum atomic E-state index is 0.708. The van der Waals surface area contributed by atoms with Gasteiger partial charge in [0.2, 0.25) is 0 Å². The lowest BCUT2D eigenvalue weighted by Gasteiger charge is -2.22. The molecule has 0 aliphatic carbocycles. The SMILES string of the molecule is ClCCN1CCCN(c2ccn3nccc3n2)CC1. The van der Waals surface area contributed by atoms with Crippen LogP contribution in [0.15, 0.2) is 24.5 Å². The molecule has 2 aromatic heterocycles. The summed E-state index contributed by atoms with van der Waals surface area (Å²) < 4.78 is 1.79. The predicted octanol–water partition coefficient (Wildman–Crippen LogP) is 1.48. The van der Waals surface area contributed by atoms with Crippen molar-refractivity contribution in [2.75, 3.05) is 43.5 Å². The number of halogens is 1. The van der Waals surface area contributed by atoms with Crippen LogP contribution in [0.25, 0.3) is 5.65 Å². The molecule has 1 saturated heterocycles. The van der Waals surface area contributed by atoms with E-state index in [4.69, 9.17) is 11.6 Å². The number of rotatable bonds is 3. The van der Waals surface area contributed by atoms with Crippen LogP contribution in [0.5, 0.6) is 0 Å². The Morgan fingerprint density at radius 3 is 3.00 bits per heavy atom. The number of fused-ring (bicyclic) bond motifs is 1. The second-order valence-electron chi connectivity index (χ2n) is 4.79. The van der Waals surface area contributed by atoms with Crippen LogP contribution in [-0.2, 0) is 0 Å². The quantitative estimate of drug-likeness (QED) is 0.798. The van der Waals surface area contributed by atoms with Crippen LogP contribution in [-0.4, -0.2) is 58.1 Å². The van der Waals surface area contributed by atoms with Crippen LogP contribution in [0.1, 0.15) is 6.42 Å². The summed E-state index contributed by atoms with van der Waals surface area (Å²) in [5.41, 5.74) is 0.902. The van der Waals surface area contributed by atoms with Gasteiger partial charge in [0.1, 0.15) is 5.82 Å². The Bertz CT molecular complexity index is 541. The van der Waals surface area contributed by atoms with E-state index in [1.807, 2.05) is 18.3 Å². The van der Waals surface area contributed by atoms with E-state index in [0.717, 1.165) is 50.6 Å². The first-order valence-corrected chi connectivity index (χ1v) is 7.24. The van der Waals surface area contributed by atoms with Gasteiger partial charge >= 0.3 is 0 Å². The number of nitrogens with zero attached hydrogens (tertiary/aromatic N) is 5. The number of hydrogen-bond donors (Lipinski definition) is 0. The Kier molecular flexibility index (Phi) is 3.84. The standard InChI is InChI=1S/C13H18ClN5/c14-4-9-17-6-1-7-18(11-10-17)12-3-8-19-13(16-12)2-5-15-19/h2-3,5,8H,1,4,6-7,9-11H2. The summed E-state index contributed by atoms with van der Waals surface area (Å²) >= 11 is 5.82. The van der Waals surface area contributed by atoms with Gasteiger partial charge in [0, 0.05) is 44.3 Å². The minimum absolute atomic E-state index is 0.708. The molecule has 1 aliphatic heterocycles. The summed E-state index contributed by atoms with van der Waals surface area (Å²) in [6, 6.07) is 3.97. The van der Waals surface area contributed by atoms with Crippen LogP contribution < -0.4 is 4.90 Å². The van der Waals surface area contributed by atoms with E-state index < -0.39 is 0 Å². The van der Waals surface area contributed by atoms with Crippen molar-refractivity contribution in [3.63, 3.8) is 0 Å². The normalized spacial score (nSPS) is 17.8. The molecule has 0 unspecified atom stereocenters. The van der Waals surface area contributed by atoms with Crippen LogP contribution >= 0.6 is 11.6 Å². The highest BCUT2D eigenvalue weighted by Gasteiger charge is 2.15. The molecule has 0 bridgehead atoms. The molecule has 1 fully saturated rings. The van der Waals surface area contributed by atoms with Gasteiger partial charge < -0.3 is 9.80 Å². The lowest BCUT2D eigenvalue weighted by molar-refractivity contribution is 0.311. The van der Waals surface area contributed by atoms with Gasteiger partial charge in [-0.05, 0) is 19.0 Å². The summed E-state index contributed by atoms with van der Waals surface area (Å²) in [6.07, 6.45) is 4.90. The molecule has 0 amide bonds. The fourth-order valence-corrected chi connectivity index (χ4v) is 2.76. The van der Waals surface area contributed by atoms with E-state index in [2.05, 4.69) is 19.9 Å². The Morgan fingerprint density at radius 2 is 2.11 bits per heavy atom. The van der Waals surface area contributed by atoms with Crippen LogP contribution in [0.3, 0.4) is 0 Å². The van der Waals surface area contributed by atoms with Crippen molar-refractivity contribution in [3.05, 3.63) is 24.5 Å². The topological polar surface area (TPSA) is 36.7 Å². The van der Waals surface area contributed by atoms with E-state index in [1.165, 1.54) is 0 Å². The van der Waals surface area contributed by atoms with E-state index in [9.17, 15) is 0 Å². The summed E-state index contributed by atoms with van der Waals surface area (Å²) in [7, 11) is 0. The molecule has 0 radical (unpaired) electrons. The molecular formula is C13H18ClN5. The van der Waals surface area contributed by atoms with Gasteiger partial charge in [0.05, 0.1) is 6.20 Å². The molecule has 0 saturated carbocycles. The largest absolute Gasteiger partial charge is 0.355 e. The zero-order valence-corrected chi connectivity index (χ0v) is 11.6. The van der Waals surface area contributed by atoms with Crippen molar-refractivity contribution in [1.29, 1.82) is 0 Å².